The maximum Gasteiger partial charge on any atom is 0.253 e. The number of hydrogen-bond donors (Lipinski definition) is 1. The molecule has 1 aromatic carbocycles. The Kier molecular flexibility index (Phi) is 2.70. The van der Waals surface area contributed by atoms with Crippen molar-refractivity contribution in [3.05, 3.63) is 22.2 Å². The lowest BCUT2D eigenvalue weighted by Crippen LogP contribution is -2.41. The van der Waals surface area contributed by atoms with Crippen molar-refractivity contribution in [1.82, 2.24) is 4.98 Å². The number of hydrogen-bond acceptors (Lipinski definition) is 4. The fraction of sp³-hybridized carbons (Fsp3) is 0.273. The Hall–Kier alpha value is -1.24. The number of fused-ring (bicyclic) bond motifs is 1. The predicted molar refractivity (Wildman–Crippen MR) is 70.2 cm³/mol. The monoisotopic (exact) mass is 266 g/mol. The van der Waals surface area contributed by atoms with Gasteiger partial charge in [-0.1, -0.05) is 0 Å². The van der Waals surface area contributed by atoms with E-state index in [-0.39, 0.29) is 12.5 Å². The lowest BCUT2D eigenvalue weighted by atomic mass is 10.2. The number of thiazole rings is 1. The summed E-state index contributed by atoms with van der Waals surface area (Å²) in [6.45, 7) is 1.37. The number of rotatable bonds is 1. The molecule has 1 amide bonds. The van der Waals surface area contributed by atoms with Gasteiger partial charge in [-0.3, -0.25) is 4.79 Å². The highest BCUT2D eigenvalue weighted by molar-refractivity contribution is 7.73. The number of aromatic amines is 1. The van der Waals surface area contributed by atoms with E-state index in [9.17, 15) is 4.79 Å². The number of H-pyrrole nitrogens is 1. The lowest BCUT2D eigenvalue weighted by molar-refractivity contribution is -0.125. The number of ether oxygens (including phenoxy) is 1. The molecule has 0 aliphatic carbocycles. The number of amides is 1. The number of carbonyl (C=O) groups is 1. The van der Waals surface area contributed by atoms with Crippen molar-refractivity contribution in [3.63, 3.8) is 0 Å². The van der Waals surface area contributed by atoms with Gasteiger partial charge in [-0.2, -0.15) is 0 Å². The molecule has 0 bridgehead atoms. The van der Waals surface area contributed by atoms with Gasteiger partial charge in [0.15, 0.2) is 3.95 Å². The van der Waals surface area contributed by atoms with Crippen LogP contribution in [0.4, 0.5) is 5.69 Å². The zero-order chi connectivity index (χ0) is 11.8. The summed E-state index contributed by atoms with van der Waals surface area (Å²) in [7, 11) is 0. The molecule has 1 aliphatic rings. The zero-order valence-electron chi connectivity index (χ0n) is 8.93. The van der Waals surface area contributed by atoms with Crippen molar-refractivity contribution < 1.29 is 9.53 Å². The highest BCUT2D eigenvalue weighted by Gasteiger charge is 2.20. The van der Waals surface area contributed by atoms with Crippen LogP contribution in [-0.2, 0) is 9.53 Å². The van der Waals surface area contributed by atoms with E-state index < -0.39 is 0 Å². The second kappa shape index (κ2) is 4.21. The van der Waals surface area contributed by atoms with Crippen LogP contribution < -0.4 is 4.90 Å². The second-order valence-corrected chi connectivity index (χ2v) is 5.51. The summed E-state index contributed by atoms with van der Waals surface area (Å²) in [5.41, 5.74) is 1.93. The van der Waals surface area contributed by atoms with E-state index in [2.05, 4.69) is 4.98 Å². The standard InChI is InChI=1S/C11H10N2O2S2/c14-10-6-15-4-3-13(10)7-1-2-8-9(5-7)17-11(16)12-8/h1-2,5H,3-4,6H2,(H,12,16). The Bertz CT molecular complexity index is 632. The Morgan fingerprint density at radius 2 is 2.35 bits per heavy atom. The van der Waals surface area contributed by atoms with Crippen molar-refractivity contribution >= 4 is 45.4 Å². The second-order valence-electron chi connectivity index (χ2n) is 3.79. The smallest absolute Gasteiger partial charge is 0.253 e. The van der Waals surface area contributed by atoms with E-state index in [1.807, 2.05) is 18.2 Å². The maximum atomic E-state index is 11.7. The molecule has 1 saturated heterocycles. The van der Waals surface area contributed by atoms with Gasteiger partial charge in [0.25, 0.3) is 5.91 Å². The number of aromatic nitrogens is 1. The summed E-state index contributed by atoms with van der Waals surface area (Å²) in [6, 6.07) is 5.89. The molecule has 0 radical (unpaired) electrons. The van der Waals surface area contributed by atoms with Crippen molar-refractivity contribution in [2.45, 2.75) is 0 Å². The molecule has 2 aromatic rings. The average molecular weight is 266 g/mol. The third-order valence-electron chi connectivity index (χ3n) is 2.70. The first-order chi connectivity index (χ1) is 8.24. The molecular weight excluding hydrogens is 256 g/mol. The van der Waals surface area contributed by atoms with E-state index in [0.717, 1.165) is 19.9 Å². The fourth-order valence-electron chi connectivity index (χ4n) is 1.89. The van der Waals surface area contributed by atoms with Crippen LogP contribution in [0.1, 0.15) is 0 Å². The van der Waals surface area contributed by atoms with Gasteiger partial charge in [0.2, 0.25) is 0 Å². The van der Waals surface area contributed by atoms with Crippen molar-refractivity contribution in [2.75, 3.05) is 24.7 Å². The molecule has 0 spiro atoms. The summed E-state index contributed by atoms with van der Waals surface area (Å²) in [5.74, 6) is 0.00901. The molecule has 0 saturated carbocycles. The number of benzene rings is 1. The van der Waals surface area contributed by atoms with Crippen LogP contribution in [0.2, 0.25) is 0 Å². The van der Waals surface area contributed by atoms with Crippen molar-refractivity contribution in [3.8, 4) is 0 Å². The Morgan fingerprint density at radius 1 is 1.47 bits per heavy atom. The molecule has 4 nitrogen and oxygen atoms in total. The molecule has 1 N–H and O–H groups in total. The van der Waals surface area contributed by atoms with Crippen LogP contribution in [0.3, 0.4) is 0 Å². The molecule has 0 atom stereocenters. The molecule has 6 heteroatoms. The van der Waals surface area contributed by atoms with E-state index >= 15 is 0 Å². The lowest BCUT2D eigenvalue weighted by Gasteiger charge is -2.26. The summed E-state index contributed by atoms with van der Waals surface area (Å²) >= 11 is 6.62. The SMILES string of the molecule is O=C1COCCN1c1ccc2[nH]c(=S)sc2c1. The number of nitrogens with one attached hydrogen (secondary N) is 1. The van der Waals surface area contributed by atoms with E-state index in [4.69, 9.17) is 17.0 Å². The maximum absolute atomic E-state index is 11.7. The van der Waals surface area contributed by atoms with Gasteiger partial charge >= 0.3 is 0 Å². The highest BCUT2D eigenvalue weighted by atomic mass is 32.1. The summed E-state index contributed by atoms with van der Waals surface area (Å²) in [5, 5.41) is 0. The van der Waals surface area contributed by atoms with E-state index in [1.54, 1.807) is 4.90 Å². The molecule has 1 aromatic heterocycles. The highest BCUT2D eigenvalue weighted by Crippen LogP contribution is 2.26. The van der Waals surface area contributed by atoms with Crippen molar-refractivity contribution in [2.24, 2.45) is 0 Å². The first-order valence-electron chi connectivity index (χ1n) is 5.25. The minimum absolute atomic E-state index is 0.00901. The summed E-state index contributed by atoms with van der Waals surface area (Å²) in [4.78, 5) is 16.6. The minimum atomic E-state index is 0.00901. The van der Waals surface area contributed by atoms with Gasteiger partial charge in [0.1, 0.15) is 6.61 Å². The molecule has 3 rings (SSSR count). The van der Waals surface area contributed by atoms with Gasteiger partial charge < -0.3 is 14.6 Å². The third kappa shape index (κ3) is 1.99. The Morgan fingerprint density at radius 3 is 3.18 bits per heavy atom. The number of carbonyl (C=O) groups excluding carboxylic acids is 1. The van der Waals surface area contributed by atoms with E-state index in [1.165, 1.54) is 11.3 Å². The molecule has 17 heavy (non-hydrogen) atoms. The predicted octanol–water partition coefficient (Wildman–Crippen LogP) is 2.32. The topological polar surface area (TPSA) is 45.3 Å². The number of nitrogens with zero attached hydrogens (tertiary/aromatic N) is 1. The van der Waals surface area contributed by atoms with Gasteiger partial charge in [-0.15, -0.1) is 11.3 Å². The minimum Gasteiger partial charge on any atom is -0.370 e. The van der Waals surface area contributed by atoms with Gasteiger partial charge in [0.05, 0.1) is 16.8 Å². The van der Waals surface area contributed by atoms with Crippen molar-refractivity contribution in [1.29, 1.82) is 0 Å². The Labute approximate surface area is 107 Å². The van der Waals surface area contributed by atoms with Crippen LogP contribution in [-0.4, -0.2) is 30.6 Å². The molecular formula is C11H10N2O2S2. The van der Waals surface area contributed by atoms with Gasteiger partial charge in [0, 0.05) is 12.2 Å². The van der Waals surface area contributed by atoms with Crippen LogP contribution in [0.5, 0.6) is 0 Å². The van der Waals surface area contributed by atoms with Crippen LogP contribution in [0.15, 0.2) is 18.2 Å². The zero-order valence-corrected chi connectivity index (χ0v) is 10.6. The fourth-order valence-corrected chi connectivity index (χ4v) is 3.04. The first kappa shape index (κ1) is 10.9. The largest absolute Gasteiger partial charge is 0.370 e. The van der Waals surface area contributed by atoms with Crippen LogP contribution in [0, 0.1) is 3.95 Å². The molecule has 2 heterocycles. The van der Waals surface area contributed by atoms with Gasteiger partial charge in [-0.05, 0) is 30.4 Å². The van der Waals surface area contributed by atoms with Crippen LogP contribution in [0.25, 0.3) is 10.2 Å². The van der Waals surface area contributed by atoms with Gasteiger partial charge in [-0.25, -0.2) is 0 Å². The average Bonchev–Trinajstić information content (AvgIpc) is 2.68. The van der Waals surface area contributed by atoms with E-state index in [0.29, 0.717) is 13.2 Å². The molecule has 0 unspecified atom stereocenters. The summed E-state index contributed by atoms with van der Waals surface area (Å²) in [6.07, 6.45) is 0. The molecule has 1 fully saturated rings. The number of morpholine rings is 1. The quantitative estimate of drug-likeness (QED) is 0.806. The molecule has 1 aliphatic heterocycles. The first-order valence-corrected chi connectivity index (χ1v) is 6.47. The number of anilines is 1. The third-order valence-corrected chi connectivity index (χ3v) is 3.90. The summed E-state index contributed by atoms with van der Waals surface area (Å²) < 4.78 is 6.94. The molecule has 88 valence electrons. The van der Waals surface area contributed by atoms with Crippen LogP contribution >= 0.6 is 23.6 Å². The Balaban J connectivity index is 2.04. The normalized spacial score (nSPS) is 16.7.